The van der Waals surface area contributed by atoms with Gasteiger partial charge >= 0.3 is 0 Å². The summed E-state index contributed by atoms with van der Waals surface area (Å²) in [4.78, 5) is 0. The average Bonchev–Trinajstić information content (AvgIpc) is 2.63. The van der Waals surface area contributed by atoms with Gasteiger partial charge in [0.1, 0.15) is 0 Å². The Kier molecular flexibility index (Phi) is 3.95. The third kappa shape index (κ3) is 2.90. The highest BCUT2D eigenvalue weighted by atomic mass is 35.5. The van der Waals surface area contributed by atoms with E-state index < -0.39 is 0 Å². The Balaban J connectivity index is 1.90. The summed E-state index contributed by atoms with van der Waals surface area (Å²) in [5.74, 6) is 0.904. The van der Waals surface area contributed by atoms with Gasteiger partial charge < -0.3 is 5.11 Å². The highest BCUT2D eigenvalue weighted by molar-refractivity contribution is 7.99. The van der Waals surface area contributed by atoms with Gasteiger partial charge in [-0.25, -0.2) is 0 Å². The maximum absolute atomic E-state index is 9.68. The van der Waals surface area contributed by atoms with Gasteiger partial charge in [0, 0.05) is 16.0 Å². The summed E-state index contributed by atoms with van der Waals surface area (Å²) in [5.41, 5.74) is 1.17. The van der Waals surface area contributed by atoms with Gasteiger partial charge in [0.05, 0.1) is 6.10 Å². The van der Waals surface area contributed by atoms with E-state index in [1.54, 1.807) is 0 Å². The summed E-state index contributed by atoms with van der Waals surface area (Å²) < 4.78 is 0. The number of benzene rings is 1. The van der Waals surface area contributed by atoms with Crippen LogP contribution >= 0.6 is 23.4 Å². The van der Waals surface area contributed by atoms with Crippen molar-refractivity contribution < 1.29 is 5.11 Å². The first-order valence-corrected chi connectivity index (χ1v) is 6.73. The van der Waals surface area contributed by atoms with Crippen LogP contribution in [0, 0.1) is 0 Å². The number of hydrogen-bond acceptors (Lipinski definition) is 2. The van der Waals surface area contributed by atoms with E-state index in [1.165, 1.54) is 5.56 Å². The van der Waals surface area contributed by atoms with E-state index in [2.05, 4.69) is 6.07 Å². The molecule has 15 heavy (non-hydrogen) atoms. The molecule has 1 aromatic rings. The van der Waals surface area contributed by atoms with Crippen LogP contribution < -0.4 is 0 Å². The van der Waals surface area contributed by atoms with Gasteiger partial charge in [0.2, 0.25) is 0 Å². The minimum Gasteiger partial charge on any atom is -0.392 e. The Morgan fingerprint density at radius 2 is 2.13 bits per heavy atom. The number of rotatable bonds is 3. The second-order valence-electron chi connectivity index (χ2n) is 3.94. The zero-order valence-electron chi connectivity index (χ0n) is 8.53. The van der Waals surface area contributed by atoms with Crippen LogP contribution in [0.25, 0.3) is 0 Å². The molecule has 3 heteroatoms. The van der Waals surface area contributed by atoms with E-state index in [4.69, 9.17) is 11.6 Å². The molecule has 82 valence electrons. The Morgan fingerprint density at radius 3 is 2.80 bits per heavy atom. The molecule has 0 amide bonds. The number of hydrogen-bond donors (Lipinski definition) is 1. The molecule has 0 radical (unpaired) electrons. The molecule has 0 unspecified atom stereocenters. The lowest BCUT2D eigenvalue weighted by Gasteiger charge is -2.14. The molecule has 1 saturated carbocycles. The first kappa shape index (κ1) is 11.3. The maximum Gasteiger partial charge on any atom is 0.0658 e. The van der Waals surface area contributed by atoms with Crippen molar-refractivity contribution in [1.29, 1.82) is 0 Å². The summed E-state index contributed by atoms with van der Waals surface area (Å²) in [6.07, 6.45) is 3.13. The first-order chi connectivity index (χ1) is 7.27. The predicted molar refractivity (Wildman–Crippen MR) is 66.4 cm³/mol. The Bertz CT molecular complexity index is 329. The van der Waals surface area contributed by atoms with Crippen molar-refractivity contribution in [2.24, 2.45) is 0 Å². The van der Waals surface area contributed by atoms with Crippen LogP contribution in [0.15, 0.2) is 24.3 Å². The quantitative estimate of drug-likeness (QED) is 0.876. The van der Waals surface area contributed by atoms with Gasteiger partial charge in [0.25, 0.3) is 0 Å². The second kappa shape index (κ2) is 5.24. The SMILES string of the molecule is O[C@H]1CCC[C@@H]1SCc1ccccc1Cl. The Labute approximate surface area is 99.8 Å². The van der Waals surface area contributed by atoms with Crippen LogP contribution in [0.3, 0.4) is 0 Å². The molecular formula is C12H15ClOS. The first-order valence-electron chi connectivity index (χ1n) is 5.30. The summed E-state index contributed by atoms with van der Waals surface area (Å²) in [6.45, 7) is 0. The van der Waals surface area contributed by atoms with Gasteiger partial charge in [-0.2, -0.15) is 11.8 Å². The molecule has 1 aliphatic carbocycles. The van der Waals surface area contributed by atoms with E-state index in [1.807, 2.05) is 30.0 Å². The highest BCUT2D eigenvalue weighted by Crippen LogP contribution is 2.33. The number of aliphatic hydroxyl groups is 1. The molecule has 1 aromatic carbocycles. The summed E-state index contributed by atoms with van der Waals surface area (Å²) in [6, 6.07) is 7.92. The molecule has 1 N–H and O–H groups in total. The average molecular weight is 243 g/mol. The molecule has 0 spiro atoms. The van der Waals surface area contributed by atoms with Crippen LogP contribution in [0.1, 0.15) is 24.8 Å². The van der Waals surface area contributed by atoms with Crippen molar-refractivity contribution in [3.8, 4) is 0 Å². The minimum absolute atomic E-state index is 0.113. The van der Waals surface area contributed by atoms with Gasteiger partial charge in [0.15, 0.2) is 0 Å². The third-order valence-corrected chi connectivity index (χ3v) is 4.65. The van der Waals surface area contributed by atoms with Crippen molar-refractivity contribution in [3.63, 3.8) is 0 Å². The lowest BCUT2D eigenvalue weighted by Crippen LogP contribution is -2.15. The van der Waals surface area contributed by atoms with E-state index in [0.29, 0.717) is 5.25 Å². The standard InChI is InChI=1S/C12H15ClOS/c13-10-5-2-1-4-9(10)8-15-12-7-3-6-11(12)14/h1-2,4-5,11-12,14H,3,6-8H2/t11-,12-/m0/s1. The van der Waals surface area contributed by atoms with Gasteiger partial charge in [-0.1, -0.05) is 29.8 Å². The van der Waals surface area contributed by atoms with Crippen LogP contribution in [0.5, 0.6) is 0 Å². The predicted octanol–water partition coefficient (Wildman–Crippen LogP) is 3.49. The van der Waals surface area contributed by atoms with Crippen LogP contribution in [0.2, 0.25) is 5.02 Å². The molecular weight excluding hydrogens is 228 g/mol. The monoisotopic (exact) mass is 242 g/mol. The molecule has 2 atom stereocenters. The molecule has 0 aromatic heterocycles. The van der Waals surface area contributed by atoms with Crippen LogP contribution in [-0.2, 0) is 5.75 Å². The molecule has 2 rings (SSSR count). The molecule has 1 aliphatic rings. The van der Waals surface area contributed by atoms with Crippen molar-refractivity contribution in [2.75, 3.05) is 0 Å². The summed E-state index contributed by atoms with van der Waals surface area (Å²) >= 11 is 7.90. The van der Waals surface area contributed by atoms with E-state index in [9.17, 15) is 5.11 Å². The molecule has 0 bridgehead atoms. The fraction of sp³-hybridized carbons (Fsp3) is 0.500. The molecule has 0 heterocycles. The normalized spacial score (nSPS) is 25.7. The van der Waals surface area contributed by atoms with E-state index in [0.717, 1.165) is 30.0 Å². The largest absolute Gasteiger partial charge is 0.392 e. The minimum atomic E-state index is -0.113. The molecule has 1 nitrogen and oxygen atoms in total. The molecule has 0 aliphatic heterocycles. The lowest BCUT2D eigenvalue weighted by molar-refractivity contribution is 0.188. The van der Waals surface area contributed by atoms with Gasteiger partial charge in [-0.05, 0) is 30.9 Å². The third-order valence-electron chi connectivity index (χ3n) is 2.83. The highest BCUT2D eigenvalue weighted by Gasteiger charge is 2.25. The molecule has 1 fully saturated rings. The Morgan fingerprint density at radius 1 is 1.33 bits per heavy atom. The summed E-state index contributed by atoms with van der Waals surface area (Å²) in [7, 11) is 0. The van der Waals surface area contributed by atoms with E-state index >= 15 is 0 Å². The topological polar surface area (TPSA) is 20.2 Å². The van der Waals surface area contributed by atoms with Crippen LogP contribution in [-0.4, -0.2) is 16.5 Å². The van der Waals surface area contributed by atoms with Crippen LogP contribution in [0.4, 0.5) is 0 Å². The van der Waals surface area contributed by atoms with Crippen molar-refractivity contribution in [2.45, 2.75) is 36.4 Å². The van der Waals surface area contributed by atoms with Gasteiger partial charge in [-0.3, -0.25) is 0 Å². The zero-order valence-corrected chi connectivity index (χ0v) is 10.1. The van der Waals surface area contributed by atoms with Crippen molar-refractivity contribution >= 4 is 23.4 Å². The lowest BCUT2D eigenvalue weighted by atomic mass is 10.2. The second-order valence-corrected chi connectivity index (χ2v) is 5.57. The van der Waals surface area contributed by atoms with Crippen molar-refractivity contribution in [3.05, 3.63) is 34.9 Å². The van der Waals surface area contributed by atoms with Gasteiger partial charge in [-0.15, -0.1) is 0 Å². The Hall–Kier alpha value is -0.180. The fourth-order valence-corrected chi connectivity index (χ4v) is 3.53. The zero-order chi connectivity index (χ0) is 10.7. The van der Waals surface area contributed by atoms with E-state index in [-0.39, 0.29) is 6.10 Å². The smallest absolute Gasteiger partial charge is 0.0658 e. The number of halogens is 1. The summed E-state index contributed by atoms with van der Waals surface area (Å²) in [5, 5.41) is 10.9. The molecule has 0 saturated heterocycles. The number of aliphatic hydroxyl groups excluding tert-OH is 1. The van der Waals surface area contributed by atoms with Crippen molar-refractivity contribution in [1.82, 2.24) is 0 Å². The fourth-order valence-electron chi connectivity index (χ4n) is 1.91. The number of thioether (sulfide) groups is 1. The maximum atomic E-state index is 9.68.